The number of sulfone groups is 1. The van der Waals surface area contributed by atoms with Crippen LogP contribution in [0.1, 0.15) is 5.56 Å². The first kappa shape index (κ1) is 41.2. The minimum Gasteiger partial charge on any atom is -0.494 e. The van der Waals surface area contributed by atoms with Crippen LogP contribution in [0.2, 0.25) is 10.0 Å². The van der Waals surface area contributed by atoms with Crippen LogP contribution in [0.25, 0.3) is 28.1 Å². The van der Waals surface area contributed by atoms with Crippen molar-refractivity contribution in [2.45, 2.75) is 10.6 Å². The van der Waals surface area contributed by atoms with Crippen LogP contribution in [0.15, 0.2) is 186 Å². The van der Waals surface area contributed by atoms with Crippen molar-refractivity contribution in [3.05, 3.63) is 196 Å². The van der Waals surface area contributed by atoms with Crippen molar-refractivity contribution in [2.75, 3.05) is 19.5 Å². The second-order valence-corrected chi connectivity index (χ2v) is 15.4. The summed E-state index contributed by atoms with van der Waals surface area (Å²) in [6, 6.07) is 54.0. The Morgan fingerprint density at radius 3 is 1.88 bits per heavy atom. The van der Waals surface area contributed by atoms with Gasteiger partial charge in [-0.3, -0.25) is 4.57 Å². The van der Waals surface area contributed by atoms with Gasteiger partial charge in [0.2, 0.25) is 0 Å². The summed E-state index contributed by atoms with van der Waals surface area (Å²) >= 11 is 12.1. The lowest BCUT2D eigenvalue weighted by molar-refractivity contribution is 0.416. The molecule has 0 amide bonds. The van der Waals surface area contributed by atoms with E-state index < -0.39 is 9.84 Å². The lowest BCUT2D eigenvalue weighted by Crippen LogP contribution is -2.04. The third-order valence-corrected chi connectivity index (χ3v) is 10.9. The maximum absolute atomic E-state index is 12.0. The van der Waals surface area contributed by atoms with Gasteiger partial charge < -0.3 is 14.8 Å². The second kappa shape index (κ2) is 19.6. The quantitative estimate of drug-likeness (QED) is 0.137. The Hall–Kier alpha value is -6.46. The number of fused-ring (bicyclic) bond motifs is 1. The van der Waals surface area contributed by atoms with Gasteiger partial charge >= 0.3 is 0 Å². The average Bonchev–Trinajstić information content (AvgIpc) is 3.65. The monoisotopic (exact) mass is 828 g/mol. The smallest absolute Gasteiger partial charge is 0.182 e. The normalized spacial score (nSPS) is 10.7. The minimum absolute atomic E-state index is 0.0534. The first-order valence-corrected chi connectivity index (χ1v) is 20.3. The molecule has 0 aliphatic heterocycles. The molecule has 1 aromatic heterocycles. The number of hydrogen-bond acceptors (Lipinski definition) is 8. The van der Waals surface area contributed by atoms with Gasteiger partial charge in [0.25, 0.3) is 0 Å². The van der Waals surface area contributed by atoms with Gasteiger partial charge in [-0.25, -0.2) is 13.4 Å². The molecule has 8 aromatic rings. The van der Waals surface area contributed by atoms with Gasteiger partial charge in [-0.15, -0.1) is 4.91 Å². The summed E-state index contributed by atoms with van der Waals surface area (Å²) in [6.45, 7) is 0. The number of aromatic nitrogens is 2. The van der Waals surface area contributed by atoms with Gasteiger partial charge in [-0.1, -0.05) is 126 Å². The van der Waals surface area contributed by atoms with Gasteiger partial charge in [-0.05, 0) is 83.5 Å². The molecule has 0 unspecified atom stereocenters. The van der Waals surface area contributed by atoms with E-state index in [1.807, 2.05) is 109 Å². The van der Waals surface area contributed by atoms with Crippen molar-refractivity contribution >= 4 is 61.1 Å². The molecule has 1 heterocycles. The number of rotatable bonds is 10. The average molecular weight is 830 g/mol. The number of nitroso groups, excluding NO2 is 1. The third-order valence-electron chi connectivity index (χ3n) is 8.68. The number of methoxy groups -OCH3 is 2. The minimum atomic E-state index is -3.21. The summed E-state index contributed by atoms with van der Waals surface area (Å²) in [7, 11) is -0.0580. The highest BCUT2D eigenvalue weighted by molar-refractivity contribution is 7.90. The first-order valence-electron chi connectivity index (χ1n) is 17.9. The zero-order valence-electron chi connectivity index (χ0n) is 31.5. The Morgan fingerprint density at radius 1 is 0.655 bits per heavy atom. The summed E-state index contributed by atoms with van der Waals surface area (Å²) in [4.78, 5) is 16.1. The molecule has 292 valence electrons. The molecule has 0 bridgehead atoms. The van der Waals surface area contributed by atoms with Crippen LogP contribution in [0.4, 0.5) is 17.1 Å². The summed E-state index contributed by atoms with van der Waals surface area (Å²) in [5.74, 6) is 2.09. The molecule has 7 aromatic carbocycles. The number of nitrogens with one attached hydrogen (secondary N) is 1. The fourth-order valence-electron chi connectivity index (χ4n) is 6.00. The Balaban J connectivity index is 0.000000151. The van der Waals surface area contributed by atoms with Crippen molar-refractivity contribution in [1.29, 1.82) is 0 Å². The predicted molar refractivity (Wildman–Crippen MR) is 235 cm³/mol. The molecule has 0 saturated carbocycles. The molecule has 0 radical (unpaired) electrons. The number of halogens is 2. The van der Waals surface area contributed by atoms with Crippen LogP contribution in [0.3, 0.4) is 0 Å². The summed E-state index contributed by atoms with van der Waals surface area (Å²) in [6.07, 6.45) is 0. The molecular weight excluding hydrogens is 792 g/mol. The van der Waals surface area contributed by atoms with Crippen LogP contribution >= 0.6 is 23.2 Å². The molecule has 0 fully saturated rings. The Bertz CT molecular complexity index is 2720. The lowest BCUT2D eigenvalue weighted by Gasteiger charge is -2.10. The molecular formula is C46H38Cl2N4O5S. The molecule has 9 nitrogen and oxygen atoms in total. The molecule has 0 saturated heterocycles. The summed E-state index contributed by atoms with van der Waals surface area (Å²) in [5.41, 5.74) is 6.22. The number of hydrogen-bond donors (Lipinski definition) is 1. The highest BCUT2D eigenvalue weighted by atomic mass is 35.5. The van der Waals surface area contributed by atoms with Crippen LogP contribution in [-0.4, -0.2) is 32.2 Å². The SMILES string of the molecule is COc1cccc(Nc2cccc(Cl)c2)c1N=O.COc1cccc2c1nc(-c1ccccc1)n2-c1cccc(Cl)c1.O=S(=O)(Cc1ccccc1)c1ccccc1. The number of nitrogens with zero attached hydrogens (tertiary/aromatic N) is 3. The van der Waals surface area contributed by atoms with Crippen molar-refractivity contribution in [3.8, 4) is 28.6 Å². The molecule has 1 N–H and O–H groups in total. The number of imidazole rings is 1. The van der Waals surface area contributed by atoms with E-state index in [1.165, 1.54) is 7.11 Å². The highest BCUT2D eigenvalue weighted by Gasteiger charge is 2.17. The topological polar surface area (TPSA) is 112 Å². The molecule has 0 aliphatic carbocycles. The molecule has 0 spiro atoms. The fourth-order valence-corrected chi connectivity index (χ4v) is 7.75. The number of ether oxygens (including phenoxy) is 2. The zero-order chi connectivity index (χ0) is 40.9. The molecule has 12 heteroatoms. The van der Waals surface area contributed by atoms with Crippen LogP contribution in [-0.2, 0) is 15.6 Å². The van der Waals surface area contributed by atoms with Crippen LogP contribution in [0.5, 0.6) is 11.5 Å². The second-order valence-electron chi connectivity index (χ2n) is 12.6. The van der Waals surface area contributed by atoms with Gasteiger partial charge in [0.05, 0.1) is 36.1 Å². The Labute approximate surface area is 347 Å². The van der Waals surface area contributed by atoms with E-state index in [9.17, 15) is 13.3 Å². The van der Waals surface area contributed by atoms with E-state index >= 15 is 0 Å². The van der Waals surface area contributed by atoms with E-state index in [-0.39, 0.29) is 11.4 Å². The van der Waals surface area contributed by atoms with E-state index in [0.717, 1.165) is 45.1 Å². The lowest BCUT2D eigenvalue weighted by atomic mass is 10.2. The summed E-state index contributed by atoms with van der Waals surface area (Å²) in [5, 5.41) is 7.38. The number of para-hydroxylation sites is 1. The highest BCUT2D eigenvalue weighted by Crippen LogP contribution is 2.37. The van der Waals surface area contributed by atoms with Crippen molar-refractivity contribution < 1.29 is 17.9 Å². The largest absolute Gasteiger partial charge is 0.494 e. The maximum atomic E-state index is 12.0. The van der Waals surface area contributed by atoms with Crippen molar-refractivity contribution in [1.82, 2.24) is 9.55 Å². The van der Waals surface area contributed by atoms with Crippen molar-refractivity contribution in [3.63, 3.8) is 0 Å². The maximum Gasteiger partial charge on any atom is 0.182 e. The van der Waals surface area contributed by atoms with Gasteiger partial charge in [0.1, 0.15) is 22.8 Å². The molecule has 58 heavy (non-hydrogen) atoms. The van der Waals surface area contributed by atoms with Gasteiger partial charge in [0, 0.05) is 27.0 Å². The fraction of sp³-hybridized carbons (Fsp3) is 0.0652. The van der Waals surface area contributed by atoms with E-state index in [4.69, 9.17) is 37.7 Å². The van der Waals surface area contributed by atoms with E-state index in [1.54, 1.807) is 61.7 Å². The van der Waals surface area contributed by atoms with Crippen LogP contribution in [0, 0.1) is 4.91 Å². The predicted octanol–water partition coefficient (Wildman–Crippen LogP) is 12.5. The standard InChI is InChI=1S/C20H15ClN2O.C13H11ClN2O2.C13H12O2S/c1-24-18-12-6-11-17-19(18)22-20(14-7-3-2-4-8-14)23(17)16-10-5-9-15(21)13-16;1-18-12-7-3-6-11(13(12)16-17)15-10-5-2-4-9(14)8-10;14-16(15,13-9-5-2-6-10-13)11-12-7-3-1-4-8-12/h2-13H,1H3;2-8,15H,1H3;1-10H,11H2. The van der Waals surface area contributed by atoms with Gasteiger partial charge in [0.15, 0.2) is 15.5 Å². The molecule has 0 aliphatic rings. The number of benzene rings is 7. The third kappa shape index (κ3) is 10.3. The van der Waals surface area contributed by atoms with Crippen LogP contribution < -0.4 is 14.8 Å². The van der Waals surface area contributed by atoms with Crippen molar-refractivity contribution in [2.24, 2.45) is 5.18 Å². The van der Waals surface area contributed by atoms with E-state index in [2.05, 4.69) is 27.2 Å². The Morgan fingerprint density at radius 2 is 1.24 bits per heavy atom. The first-order chi connectivity index (χ1) is 28.2. The Kier molecular flexibility index (Phi) is 13.9. The molecule has 0 atom stereocenters. The zero-order valence-corrected chi connectivity index (χ0v) is 33.8. The van der Waals surface area contributed by atoms with E-state index in [0.29, 0.717) is 26.4 Å². The molecule has 8 rings (SSSR count). The number of anilines is 2. The van der Waals surface area contributed by atoms with Gasteiger partial charge in [-0.2, -0.15) is 0 Å². The summed E-state index contributed by atoms with van der Waals surface area (Å²) < 4.78 is 36.7.